The molecule has 1 heterocycles. The van der Waals surface area contributed by atoms with Gasteiger partial charge in [0, 0.05) is 22.4 Å². The summed E-state index contributed by atoms with van der Waals surface area (Å²) in [7, 11) is 0. The van der Waals surface area contributed by atoms with Crippen molar-refractivity contribution in [1.29, 1.82) is 0 Å². The van der Waals surface area contributed by atoms with E-state index in [1.807, 2.05) is 32.9 Å². The van der Waals surface area contributed by atoms with Crippen molar-refractivity contribution >= 4 is 23.4 Å². The zero-order valence-corrected chi connectivity index (χ0v) is 11.8. The molecule has 1 aliphatic heterocycles. The van der Waals surface area contributed by atoms with Crippen LogP contribution in [0.5, 0.6) is 0 Å². The van der Waals surface area contributed by atoms with Crippen LogP contribution in [0.3, 0.4) is 0 Å². The van der Waals surface area contributed by atoms with E-state index in [0.29, 0.717) is 6.42 Å². The van der Waals surface area contributed by atoms with E-state index in [4.69, 9.17) is 4.74 Å². The van der Waals surface area contributed by atoms with Crippen molar-refractivity contribution in [1.82, 2.24) is 0 Å². The average Bonchev–Trinajstić information content (AvgIpc) is 2.26. The second kappa shape index (κ2) is 5.22. The van der Waals surface area contributed by atoms with E-state index in [0.717, 1.165) is 12.2 Å². The first kappa shape index (κ1) is 13.3. The molecule has 0 amide bonds. The number of anilines is 1. The van der Waals surface area contributed by atoms with Gasteiger partial charge in [0.15, 0.2) is 0 Å². The Labute approximate surface area is 112 Å². The summed E-state index contributed by atoms with van der Waals surface area (Å²) in [4.78, 5) is 13.0. The van der Waals surface area contributed by atoms with Crippen LogP contribution >= 0.6 is 11.8 Å². The van der Waals surface area contributed by atoms with Gasteiger partial charge in [-0.2, -0.15) is 0 Å². The summed E-state index contributed by atoms with van der Waals surface area (Å²) in [5.74, 6) is -0.124. The lowest BCUT2D eigenvalue weighted by molar-refractivity contribution is -0.154. The highest BCUT2D eigenvalue weighted by atomic mass is 32.2. The third-order valence-corrected chi connectivity index (χ3v) is 3.79. The third kappa shape index (κ3) is 3.67. The van der Waals surface area contributed by atoms with Crippen molar-refractivity contribution in [3.05, 3.63) is 24.3 Å². The molecule has 0 aromatic heterocycles. The fourth-order valence-electron chi connectivity index (χ4n) is 1.84. The summed E-state index contributed by atoms with van der Waals surface area (Å²) in [6.07, 6.45) is 0.448. The van der Waals surface area contributed by atoms with E-state index in [1.54, 1.807) is 11.8 Å². The molecule has 1 N–H and O–H groups in total. The fraction of sp³-hybridized carbons (Fsp3) is 0.500. The maximum absolute atomic E-state index is 11.8. The van der Waals surface area contributed by atoms with Gasteiger partial charge in [-0.1, -0.05) is 12.1 Å². The SMILES string of the molecule is CC(C)(C)OC(=O)CC1CNc2ccccc2S1. The fourth-order valence-corrected chi connectivity index (χ4v) is 3.01. The maximum atomic E-state index is 11.8. The average molecular weight is 265 g/mol. The van der Waals surface area contributed by atoms with Crippen LogP contribution in [0.1, 0.15) is 27.2 Å². The van der Waals surface area contributed by atoms with Gasteiger partial charge in [-0.15, -0.1) is 11.8 Å². The summed E-state index contributed by atoms with van der Waals surface area (Å²) in [5, 5.41) is 3.60. The number of rotatable bonds is 2. The molecule has 0 saturated carbocycles. The Balaban J connectivity index is 1.92. The first-order chi connectivity index (χ1) is 8.44. The van der Waals surface area contributed by atoms with Gasteiger partial charge in [0.1, 0.15) is 5.60 Å². The molecule has 1 unspecified atom stereocenters. The monoisotopic (exact) mass is 265 g/mol. The molecule has 0 spiro atoms. The molecule has 3 nitrogen and oxygen atoms in total. The number of carbonyl (C=O) groups is 1. The molecule has 1 atom stereocenters. The van der Waals surface area contributed by atoms with E-state index in [-0.39, 0.29) is 11.2 Å². The predicted molar refractivity (Wildman–Crippen MR) is 75.0 cm³/mol. The minimum absolute atomic E-state index is 0.124. The van der Waals surface area contributed by atoms with Crippen LogP contribution in [0, 0.1) is 0 Å². The van der Waals surface area contributed by atoms with Crippen molar-refractivity contribution in [2.45, 2.75) is 42.9 Å². The number of hydrogen-bond donors (Lipinski definition) is 1. The molecule has 1 aromatic carbocycles. The Morgan fingerprint density at radius 1 is 1.44 bits per heavy atom. The lowest BCUT2D eigenvalue weighted by atomic mass is 10.2. The van der Waals surface area contributed by atoms with Gasteiger partial charge in [0.25, 0.3) is 0 Å². The normalized spacial score (nSPS) is 18.7. The van der Waals surface area contributed by atoms with E-state index >= 15 is 0 Å². The van der Waals surface area contributed by atoms with Crippen LogP contribution in [-0.4, -0.2) is 23.4 Å². The van der Waals surface area contributed by atoms with Gasteiger partial charge in [-0.3, -0.25) is 4.79 Å². The number of benzene rings is 1. The van der Waals surface area contributed by atoms with E-state index in [2.05, 4.69) is 17.4 Å². The minimum atomic E-state index is -0.401. The molecule has 0 fully saturated rings. The summed E-state index contributed by atoms with van der Waals surface area (Å²) in [5.41, 5.74) is 0.754. The Bertz CT molecular complexity index is 440. The van der Waals surface area contributed by atoms with Crippen LogP contribution in [0.4, 0.5) is 5.69 Å². The summed E-state index contributed by atoms with van der Waals surface area (Å²) >= 11 is 1.75. The number of ether oxygens (including phenoxy) is 1. The number of para-hydroxylation sites is 1. The van der Waals surface area contributed by atoms with Crippen LogP contribution < -0.4 is 5.32 Å². The van der Waals surface area contributed by atoms with Crippen LogP contribution in [0.15, 0.2) is 29.2 Å². The molecule has 98 valence electrons. The van der Waals surface area contributed by atoms with Crippen LogP contribution in [-0.2, 0) is 9.53 Å². The lowest BCUT2D eigenvalue weighted by Crippen LogP contribution is -2.29. The summed E-state index contributed by atoms with van der Waals surface area (Å²) < 4.78 is 5.35. The maximum Gasteiger partial charge on any atom is 0.307 e. The number of fused-ring (bicyclic) bond motifs is 1. The molecule has 1 aromatic rings. The first-order valence-electron chi connectivity index (χ1n) is 6.15. The van der Waals surface area contributed by atoms with Gasteiger partial charge in [-0.25, -0.2) is 0 Å². The molecule has 1 aliphatic rings. The third-order valence-electron chi connectivity index (χ3n) is 2.52. The second-order valence-corrected chi connectivity index (χ2v) is 6.75. The Kier molecular flexibility index (Phi) is 3.85. The van der Waals surface area contributed by atoms with E-state index < -0.39 is 5.60 Å². The Morgan fingerprint density at radius 2 is 2.17 bits per heavy atom. The molecular formula is C14H19NO2S. The van der Waals surface area contributed by atoms with E-state index in [1.165, 1.54) is 4.90 Å². The lowest BCUT2D eigenvalue weighted by Gasteiger charge is -2.26. The molecule has 0 bridgehead atoms. The molecule has 2 rings (SSSR count). The number of nitrogens with one attached hydrogen (secondary N) is 1. The number of thioether (sulfide) groups is 1. The van der Waals surface area contributed by atoms with Crippen LogP contribution in [0.2, 0.25) is 0 Å². The molecular weight excluding hydrogens is 246 g/mol. The highest BCUT2D eigenvalue weighted by Gasteiger charge is 2.24. The van der Waals surface area contributed by atoms with E-state index in [9.17, 15) is 4.79 Å². The highest BCUT2D eigenvalue weighted by Crippen LogP contribution is 2.36. The highest BCUT2D eigenvalue weighted by molar-refractivity contribution is 8.00. The molecule has 18 heavy (non-hydrogen) atoms. The summed E-state index contributed by atoms with van der Waals surface area (Å²) in [6, 6.07) is 8.17. The van der Waals surface area contributed by atoms with Gasteiger partial charge in [0.05, 0.1) is 6.42 Å². The minimum Gasteiger partial charge on any atom is -0.460 e. The second-order valence-electron chi connectivity index (χ2n) is 5.41. The van der Waals surface area contributed by atoms with Gasteiger partial charge in [0.2, 0.25) is 0 Å². The van der Waals surface area contributed by atoms with Gasteiger partial charge in [-0.05, 0) is 32.9 Å². The standard InChI is InChI=1S/C14H19NO2S/c1-14(2,3)17-13(16)8-10-9-15-11-6-4-5-7-12(11)18-10/h4-7,10,15H,8-9H2,1-3H3. The number of carbonyl (C=O) groups excluding carboxylic acids is 1. The van der Waals surface area contributed by atoms with Crippen molar-refractivity contribution in [2.24, 2.45) is 0 Å². The van der Waals surface area contributed by atoms with Crippen molar-refractivity contribution in [3.8, 4) is 0 Å². The topological polar surface area (TPSA) is 38.3 Å². The molecule has 0 aliphatic carbocycles. The Morgan fingerprint density at radius 3 is 2.89 bits per heavy atom. The first-order valence-corrected chi connectivity index (χ1v) is 7.03. The van der Waals surface area contributed by atoms with Gasteiger partial charge >= 0.3 is 5.97 Å². The largest absolute Gasteiger partial charge is 0.460 e. The van der Waals surface area contributed by atoms with Crippen molar-refractivity contribution in [2.75, 3.05) is 11.9 Å². The van der Waals surface area contributed by atoms with Crippen molar-refractivity contribution < 1.29 is 9.53 Å². The zero-order valence-electron chi connectivity index (χ0n) is 11.0. The molecule has 4 heteroatoms. The molecule has 0 radical (unpaired) electrons. The van der Waals surface area contributed by atoms with Gasteiger partial charge < -0.3 is 10.1 Å². The quantitative estimate of drug-likeness (QED) is 0.833. The Hall–Kier alpha value is -1.16. The number of esters is 1. The molecule has 0 saturated heterocycles. The van der Waals surface area contributed by atoms with Crippen LogP contribution in [0.25, 0.3) is 0 Å². The smallest absolute Gasteiger partial charge is 0.307 e. The van der Waals surface area contributed by atoms with Crippen molar-refractivity contribution in [3.63, 3.8) is 0 Å². The zero-order chi connectivity index (χ0) is 13.2. The predicted octanol–water partition coefficient (Wildman–Crippen LogP) is 3.30. The number of hydrogen-bond acceptors (Lipinski definition) is 4. The summed E-state index contributed by atoms with van der Waals surface area (Å²) in [6.45, 7) is 6.49.